The molecule has 0 aliphatic carbocycles. The first-order chi connectivity index (χ1) is 49.1. The molecule has 0 radical (unpaired) electrons. The first kappa shape index (κ1) is 82.0. The Bertz CT molecular complexity index is 3450. The van der Waals surface area contributed by atoms with Gasteiger partial charge in [0.15, 0.2) is 0 Å². The normalized spacial score (nSPS) is 14.5. The predicted octanol–water partition coefficient (Wildman–Crippen LogP) is 24.1. The van der Waals surface area contributed by atoms with Gasteiger partial charge in [0.05, 0.1) is 0 Å². The molecule has 0 fully saturated rings. The van der Waals surface area contributed by atoms with E-state index in [0.29, 0.717) is 92.7 Å². The number of hydrogen-bond donors (Lipinski definition) is 1. The molecule has 2 heterocycles. The zero-order valence-corrected chi connectivity index (χ0v) is 67.1. The molecule has 2 atom stereocenters. The Balaban J connectivity index is 1.09. The van der Waals surface area contributed by atoms with Crippen LogP contribution in [-0.4, -0.2) is 30.0 Å². The number of para-hydroxylation sites is 2. The van der Waals surface area contributed by atoms with Gasteiger partial charge < -0.3 is 0 Å². The van der Waals surface area contributed by atoms with Crippen LogP contribution >= 0.6 is 23.3 Å². The van der Waals surface area contributed by atoms with Gasteiger partial charge in [-0.3, -0.25) is 0 Å². The van der Waals surface area contributed by atoms with Crippen LogP contribution in [0.5, 0.6) is 23.0 Å². The molecule has 14 heteroatoms. The third kappa shape index (κ3) is 23.2. The van der Waals surface area contributed by atoms with Crippen LogP contribution in [0, 0.1) is 13.8 Å². The summed E-state index contributed by atoms with van der Waals surface area (Å²) in [4.78, 5) is 43.5. The molecule has 6 aromatic rings. The Hall–Kier alpha value is -5.69. The van der Waals surface area contributed by atoms with E-state index in [2.05, 4.69) is 67.5 Å². The quantitative estimate of drug-likeness (QED) is 0.0222. The monoisotopic (exact) mass is 1450 g/mol. The van der Waals surface area contributed by atoms with Gasteiger partial charge in [0.1, 0.15) is 0 Å². The second kappa shape index (κ2) is 40.7. The van der Waals surface area contributed by atoms with E-state index in [9.17, 15) is 9.59 Å². The Labute approximate surface area is 616 Å². The number of hydrogen-bond acceptors (Lipinski definition) is 11. The van der Waals surface area contributed by atoms with Gasteiger partial charge in [-0.15, -0.1) is 0 Å². The number of fused-ring (bicyclic) bond motifs is 6. The SMILES string of the molecule is CCCCCCCCCCCCCCCCCCOC(=O)CCc1cc(C)c(P(O)(Oc2cccc3c2[PH](=O)Oc2ccccc2-3)(Oc2cccc3c2[PH](=O)Oc2ccccc2-3)c2c(C)cc(CCC(=O)OCCCCCCCCCCCCCCCCCC)cc2C(C)(C)C)c(C(C)(C)C)c1. The van der Waals surface area contributed by atoms with Crippen molar-refractivity contribution in [1.29, 1.82) is 0 Å². The maximum atomic E-state index is 16.1. The number of ether oxygens (including phenoxy) is 2. The Morgan fingerprint density at radius 2 is 0.696 bits per heavy atom. The summed E-state index contributed by atoms with van der Waals surface area (Å²) in [5.41, 5.74) is 5.52. The topological polar surface area (TPSA) is 144 Å². The van der Waals surface area contributed by atoms with Gasteiger partial charge in [-0.05, 0) is 0 Å². The van der Waals surface area contributed by atoms with Crippen molar-refractivity contribution < 1.29 is 51.2 Å². The standard InChI is InChI=1S/C88H127O11P3/c1-11-13-15-17-19-21-23-25-27-29-31-33-35-37-39-45-61-94-81(89)59-57-69-63-67(3)85(75(65-69)87(5,6)7)102(93,98-79-55-47-51-73-71-49-41-43-53-77(71)96-100(91)83(73)79,99-80-56-48-52-74-72-50-42-44-54-78(72)97-101(92)84(74)80)86-68(4)64-70(66-76(86)88(8,9)10)58-60-82(90)95-62-46-40-38-36-34-32-30-28-26-24-22-20-18-16-14-12-2/h41-44,47-56,63-66,93,100-101H,11-40,45-46,57-62H2,1-10H3. The number of esters is 2. The molecule has 0 saturated heterocycles. The molecule has 6 aromatic carbocycles. The molecular weight excluding hydrogens is 1330 g/mol. The van der Waals surface area contributed by atoms with Gasteiger partial charge in [-0.1, -0.05) is 181 Å². The van der Waals surface area contributed by atoms with Crippen LogP contribution in [0.15, 0.2) is 109 Å². The van der Waals surface area contributed by atoms with Crippen molar-refractivity contribution in [2.45, 2.75) is 311 Å². The van der Waals surface area contributed by atoms with Crippen LogP contribution in [0.25, 0.3) is 22.3 Å². The molecule has 0 saturated carbocycles. The van der Waals surface area contributed by atoms with Gasteiger partial charge >= 0.3 is 439 Å². The molecule has 560 valence electrons. The summed E-state index contributed by atoms with van der Waals surface area (Å²) in [5.74, 6) is 0.603. The van der Waals surface area contributed by atoms with Crippen molar-refractivity contribution in [2.75, 3.05) is 13.2 Å². The van der Waals surface area contributed by atoms with E-state index in [1.54, 1.807) is 24.3 Å². The van der Waals surface area contributed by atoms with E-state index in [1.807, 2.05) is 86.6 Å². The van der Waals surface area contributed by atoms with Crippen molar-refractivity contribution in [3.63, 3.8) is 0 Å². The Morgan fingerprint density at radius 3 is 1.01 bits per heavy atom. The van der Waals surface area contributed by atoms with Crippen molar-refractivity contribution in [3.8, 4) is 45.3 Å². The summed E-state index contributed by atoms with van der Waals surface area (Å²) >= 11 is 0. The molecule has 0 bridgehead atoms. The molecule has 102 heavy (non-hydrogen) atoms. The summed E-state index contributed by atoms with van der Waals surface area (Å²) in [5, 5.41) is 1.29. The number of unbranched alkanes of at least 4 members (excludes halogenated alkanes) is 30. The van der Waals surface area contributed by atoms with Gasteiger partial charge in [-0.2, -0.15) is 0 Å². The van der Waals surface area contributed by atoms with Crippen molar-refractivity contribution >= 4 is 56.5 Å². The number of rotatable bonds is 46. The van der Waals surface area contributed by atoms with E-state index in [4.69, 9.17) is 27.6 Å². The van der Waals surface area contributed by atoms with E-state index in [-0.39, 0.29) is 46.9 Å². The van der Waals surface area contributed by atoms with Crippen molar-refractivity contribution in [2.24, 2.45) is 0 Å². The first-order valence-electron chi connectivity index (χ1n) is 39.8. The van der Waals surface area contributed by atoms with Crippen LogP contribution in [0.2, 0.25) is 0 Å². The fourth-order valence-corrected chi connectivity index (χ4v) is 22.5. The minimum absolute atomic E-state index is 0.0935. The number of benzene rings is 6. The molecule has 0 spiro atoms. The van der Waals surface area contributed by atoms with Gasteiger partial charge in [0, 0.05) is 0 Å². The number of aryl methyl sites for hydroxylation is 4. The Kier molecular flexibility index (Phi) is 32.7. The Morgan fingerprint density at radius 1 is 0.402 bits per heavy atom. The fraction of sp³-hybridized carbons (Fsp3) is 0.568. The van der Waals surface area contributed by atoms with Crippen molar-refractivity contribution in [3.05, 3.63) is 143 Å². The molecule has 8 rings (SSSR count). The summed E-state index contributed by atoms with van der Waals surface area (Å²) < 4.78 is 70.4. The second-order valence-electron chi connectivity index (χ2n) is 31.4. The summed E-state index contributed by atoms with van der Waals surface area (Å²) in [6, 6.07) is 34.0. The molecular formula is C88H127O11P3. The molecule has 11 nitrogen and oxygen atoms in total. The third-order valence-corrected chi connectivity index (χ3v) is 27.1. The van der Waals surface area contributed by atoms with Gasteiger partial charge in [0.2, 0.25) is 0 Å². The average molecular weight is 1450 g/mol. The van der Waals surface area contributed by atoms with E-state index in [0.717, 1.165) is 49.7 Å². The average Bonchev–Trinajstić information content (AvgIpc) is 0.680. The molecule has 0 amide bonds. The van der Waals surface area contributed by atoms with Crippen LogP contribution < -0.4 is 39.3 Å². The summed E-state index contributed by atoms with van der Waals surface area (Å²) in [7, 11) is -12.4. The van der Waals surface area contributed by atoms with Crippen LogP contribution in [0.4, 0.5) is 0 Å². The molecule has 2 aliphatic rings. The maximum absolute atomic E-state index is 16.1. The molecule has 2 aliphatic heterocycles. The van der Waals surface area contributed by atoms with E-state index >= 15 is 14.0 Å². The van der Waals surface area contributed by atoms with Crippen LogP contribution in [-0.2, 0) is 51.9 Å². The minimum atomic E-state index is -6.14. The molecule has 0 aromatic heterocycles. The summed E-state index contributed by atoms with van der Waals surface area (Å²) in [6.45, 7) is 21.7. The predicted molar refractivity (Wildman–Crippen MR) is 429 cm³/mol. The second-order valence-corrected chi connectivity index (χ2v) is 37.0. The van der Waals surface area contributed by atoms with Crippen LogP contribution in [0.3, 0.4) is 0 Å². The zero-order valence-electron chi connectivity index (χ0n) is 64.2. The fourth-order valence-electron chi connectivity index (χ4n) is 15.1. The molecule has 1 N–H and O–H groups in total. The van der Waals surface area contributed by atoms with Crippen LogP contribution in [0.1, 0.15) is 307 Å². The first-order valence-corrected chi connectivity index (χ1v) is 44.5. The van der Waals surface area contributed by atoms with Gasteiger partial charge in [-0.25, -0.2) is 0 Å². The molecule has 2 unspecified atom stereocenters. The number of carbonyl (C=O) groups excluding carboxylic acids is 2. The van der Waals surface area contributed by atoms with Crippen molar-refractivity contribution in [1.82, 2.24) is 0 Å². The zero-order chi connectivity index (χ0) is 73.0. The summed E-state index contributed by atoms with van der Waals surface area (Å²) in [6.07, 6.45) is 41.7. The van der Waals surface area contributed by atoms with Gasteiger partial charge in [0.25, 0.3) is 0 Å². The van der Waals surface area contributed by atoms with E-state index in [1.165, 1.54) is 167 Å². The number of carbonyl (C=O) groups is 2. The third-order valence-electron chi connectivity index (χ3n) is 20.6. The van der Waals surface area contributed by atoms with E-state index < -0.39 is 34.2 Å².